The molecule has 5 rings (SSSR count). The number of hydrogen-bond acceptors (Lipinski definition) is 1. The van der Waals surface area contributed by atoms with Crippen LogP contribution in [0.25, 0.3) is 0 Å². The van der Waals surface area contributed by atoms with E-state index < -0.39 is 5.41 Å². The third-order valence-electron chi connectivity index (χ3n) is 6.41. The first kappa shape index (κ1) is 18.2. The van der Waals surface area contributed by atoms with Crippen LogP contribution >= 0.6 is 0 Å². The SMILES string of the molecule is C(#CC12CCCCCC1O2)C(c1ccccc1)(c1ccccc1)c1ccccc1. The summed E-state index contributed by atoms with van der Waals surface area (Å²) in [5, 5.41) is 0. The molecule has 29 heavy (non-hydrogen) atoms. The lowest BCUT2D eigenvalue weighted by Crippen LogP contribution is -2.28. The average Bonchev–Trinajstić information content (AvgIpc) is 3.51. The summed E-state index contributed by atoms with van der Waals surface area (Å²) in [7, 11) is 0. The van der Waals surface area contributed by atoms with Gasteiger partial charge in [0, 0.05) is 0 Å². The molecule has 0 amide bonds. The molecule has 2 unspecified atom stereocenters. The van der Waals surface area contributed by atoms with E-state index in [0.717, 1.165) is 12.8 Å². The van der Waals surface area contributed by atoms with Gasteiger partial charge in [0.1, 0.15) is 5.41 Å². The van der Waals surface area contributed by atoms with Crippen molar-refractivity contribution in [2.45, 2.75) is 49.2 Å². The lowest BCUT2D eigenvalue weighted by molar-refractivity contribution is 0.303. The van der Waals surface area contributed by atoms with Crippen LogP contribution in [0.4, 0.5) is 0 Å². The Morgan fingerprint density at radius 3 is 1.72 bits per heavy atom. The molecule has 1 heteroatoms. The van der Waals surface area contributed by atoms with Gasteiger partial charge in [0.25, 0.3) is 0 Å². The minimum atomic E-state index is -0.513. The zero-order valence-electron chi connectivity index (χ0n) is 16.7. The maximum atomic E-state index is 6.17. The molecule has 1 heterocycles. The summed E-state index contributed by atoms with van der Waals surface area (Å²) in [5.41, 5.74) is 2.85. The Morgan fingerprint density at radius 1 is 0.690 bits per heavy atom. The Bertz CT molecular complexity index is 917. The van der Waals surface area contributed by atoms with Gasteiger partial charge in [0.2, 0.25) is 0 Å². The second-order valence-corrected chi connectivity index (χ2v) is 8.19. The predicted octanol–water partition coefficient (Wildman–Crippen LogP) is 6.13. The topological polar surface area (TPSA) is 12.5 Å². The van der Waals surface area contributed by atoms with Gasteiger partial charge in [0.05, 0.1) is 6.10 Å². The van der Waals surface area contributed by atoms with Crippen molar-refractivity contribution in [1.82, 2.24) is 0 Å². The molecule has 1 saturated carbocycles. The van der Waals surface area contributed by atoms with Crippen molar-refractivity contribution in [1.29, 1.82) is 0 Å². The van der Waals surface area contributed by atoms with Gasteiger partial charge in [-0.3, -0.25) is 0 Å². The Hall–Kier alpha value is -2.82. The maximum Gasteiger partial charge on any atom is 0.155 e. The minimum absolute atomic E-state index is 0.236. The molecule has 1 aliphatic carbocycles. The molecule has 0 bridgehead atoms. The molecule has 1 saturated heterocycles. The first-order chi connectivity index (χ1) is 14.3. The summed E-state index contributed by atoms with van der Waals surface area (Å²) in [6, 6.07) is 32.1. The van der Waals surface area contributed by atoms with E-state index in [1.807, 2.05) is 0 Å². The smallest absolute Gasteiger partial charge is 0.155 e. The number of rotatable bonds is 3. The third-order valence-corrected chi connectivity index (χ3v) is 6.41. The summed E-state index contributed by atoms with van der Waals surface area (Å²) >= 11 is 0. The molecule has 3 aromatic rings. The fourth-order valence-electron chi connectivity index (χ4n) is 4.78. The molecule has 0 radical (unpaired) electrons. The average molecular weight is 379 g/mol. The first-order valence-corrected chi connectivity index (χ1v) is 10.7. The van der Waals surface area contributed by atoms with Gasteiger partial charge in [-0.05, 0) is 36.0 Å². The van der Waals surface area contributed by atoms with E-state index in [0.29, 0.717) is 6.10 Å². The molecule has 1 aliphatic heterocycles. The first-order valence-electron chi connectivity index (χ1n) is 10.7. The number of ether oxygens (including phenoxy) is 1. The van der Waals surface area contributed by atoms with Crippen molar-refractivity contribution >= 4 is 0 Å². The van der Waals surface area contributed by atoms with Crippen LogP contribution in [0.5, 0.6) is 0 Å². The highest BCUT2D eigenvalue weighted by Crippen LogP contribution is 2.47. The Balaban J connectivity index is 1.73. The Kier molecular flexibility index (Phi) is 4.74. The molecule has 2 aliphatic rings. The van der Waals surface area contributed by atoms with E-state index in [9.17, 15) is 0 Å². The van der Waals surface area contributed by atoms with Gasteiger partial charge in [0.15, 0.2) is 5.60 Å². The fraction of sp³-hybridized carbons (Fsp3) is 0.286. The normalized spacial score (nSPS) is 23.2. The quantitative estimate of drug-likeness (QED) is 0.304. The zero-order valence-corrected chi connectivity index (χ0v) is 16.7. The summed E-state index contributed by atoms with van der Waals surface area (Å²) in [6.45, 7) is 0. The molecule has 3 aromatic carbocycles. The largest absolute Gasteiger partial charge is 0.352 e. The van der Waals surface area contributed by atoms with Crippen LogP contribution in [-0.4, -0.2) is 11.7 Å². The van der Waals surface area contributed by atoms with Crippen LogP contribution in [0.3, 0.4) is 0 Å². The second kappa shape index (κ2) is 7.54. The van der Waals surface area contributed by atoms with E-state index >= 15 is 0 Å². The van der Waals surface area contributed by atoms with Crippen LogP contribution in [0.1, 0.15) is 48.8 Å². The monoisotopic (exact) mass is 378 g/mol. The van der Waals surface area contributed by atoms with Crippen LogP contribution in [0.2, 0.25) is 0 Å². The highest BCUT2D eigenvalue weighted by Gasteiger charge is 2.55. The molecule has 0 spiro atoms. The van der Waals surface area contributed by atoms with E-state index in [1.165, 1.54) is 36.0 Å². The highest BCUT2D eigenvalue weighted by atomic mass is 16.6. The van der Waals surface area contributed by atoms with E-state index in [2.05, 4.69) is 103 Å². The van der Waals surface area contributed by atoms with Crippen molar-refractivity contribution in [3.05, 3.63) is 108 Å². The zero-order chi connectivity index (χ0) is 19.6. The lowest BCUT2D eigenvalue weighted by Gasteiger charge is -2.31. The van der Waals surface area contributed by atoms with Gasteiger partial charge in [-0.25, -0.2) is 0 Å². The number of hydrogen-bond donors (Lipinski definition) is 0. The Labute approximate surface area is 173 Å². The van der Waals surface area contributed by atoms with Gasteiger partial charge < -0.3 is 4.74 Å². The molecule has 2 atom stereocenters. The summed E-state index contributed by atoms with van der Waals surface area (Å²) in [6.07, 6.45) is 6.28. The predicted molar refractivity (Wildman–Crippen MR) is 118 cm³/mol. The molecule has 2 fully saturated rings. The third kappa shape index (κ3) is 3.28. The summed E-state index contributed by atoms with van der Waals surface area (Å²) < 4.78 is 6.17. The molecule has 0 aromatic heterocycles. The van der Waals surface area contributed by atoms with Gasteiger partial charge in [-0.2, -0.15) is 0 Å². The summed E-state index contributed by atoms with van der Waals surface area (Å²) in [4.78, 5) is 0. The highest BCUT2D eigenvalue weighted by molar-refractivity contribution is 5.58. The molecular formula is C28H26O. The standard InChI is InChI=1S/C28H26O/c1-5-13-23(14-6-1)28(24-15-7-2-8-16-24,25-17-9-3-10-18-25)22-21-27-20-12-4-11-19-26(27)29-27/h1-3,5-10,13-18,26H,4,11-12,19-20H2. The van der Waals surface area contributed by atoms with Gasteiger partial charge in [-0.15, -0.1) is 0 Å². The maximum absolute atomic E-state index is 6.17. The molecule has 1 nitrogen and oxygen atoms in total. The van der Waals surface area contributed by atoms with Crippen molar-refractivity contribution < 1.29 is 4.74 Å². The van der Waals surface area contributed by atoms with Crippen molar-refractivity contribution in [2.75, 3.05) is 0 Å². The van der Waals surface area contributed by atoms with Crippen LogP contribution < -0.4 is 0 Å². The van der Waals surface area contributed by atoms with E-state index in [1.54, 1.807) is 0 Å². The van der Waals surface area contributed by atoms with Crippen molar-refractivity contribution in [3.63, 3.8) is 0 Å². The van der Waals surface area contributed by atoms with Crippen LogP contribution in [0.15, 0.2) is 91.0 Å². The van der Waals surface area contributed by atoms with Crippen LogP contribution in [0, 0.1) is 11.8 Å². The summed E-state index contributed by atoms with van der Waals surface area (Å²) in [5.74, 6) is 7.46. The molecule has 144 valence electrons. The molecular weight excluding hydrogens is 352 g/mol. The fourth-order valence-corrected chi connectivity index (χ4v) is 4.78. The van der Waals surface area contributed by atoms with E-state index in [-0.39, 0.29) is 5.60 Å². The Morgan fingerprint density at radius 2 is 1.21 bits per heavy atom. The van der Waals surface area contributed by atoms with Crippen molar-refractivity contribution in [3.8, 4) is 11.8 Å². The van der Waals surface area contributed by atoms with Gasteiger partial charge >= 0.3 is 0 Å². The number of fused-ring (bicyclic) bond motifs is 1. The van der Waals surface area contributed by atoms with E-state index in [4.69, 9.17) is 4.74 Å². The number of epoxide rings is 1. The van der Waals surface area contributed by atoms with Gasteiger partial charge in [-0.1, -0.05) is 116 Å². The van der Waals surface area contributed by atoms with Crippen LogP contribution in [-0.2, 0) is 10.2 Å². The molecule has 0 N–H and O–H groups in total. The minimum Gasteiger partial charge on any atom is -0.352 e. The lowest BCUT2D eigenvalue weighted by atomic mass is 9.69. The van der Waals surface area contributed by atoms with Crippen molar-refractivity contribution in [2.24, 2.45) is 0 Å². The number of benzene rings is 3. The second-order valence-electron chi connectivity index (χ2n) is 8.19.